The van der Waals surface area contributed by atoms with E-state index in [0.29, 0.717) is 11.4 Å². The van der Waals surface area contributed by atoms with Crippen molar-refractivity contribution < 1.29 is 4.42 Å². The average molecular weight is 688 g/mol. The van der Waals surface area contributed by atoms with E-state index in [1.165, 1.54) is 59.7 Å². The molecular formula is C50H29N3O. The van der Waals surface area contributed by atoms with Crippen LogP contribution in [-0.2, 0) is 0 Å². The third kappa shape index (κ3) is 4.13. The van der Waals surface area contributed by atoms with E-state index in [1.54, 1.807) is 0 Å². The first kappa shape index (κ1) is 29.3. The van der Waals surface area contributed by atoms with Crippen LogP contribution in [0.2, 0.25) is 0 Å². The highest BCUT2D eigenvalue weighted by atomic mass is 16.3. The first-order chi connectivity index (χ1) is 26.8. The van der Waals surface area contributed by atoms with Crippen molar-refractivity contribution >= 4 is 76.2 Å². The van der Waals surface area contributed by atoms with E-state index in [1.807, 2.05) is 24.3 Å². The zero-order valence-corrected chi connectivity index (χ0v) is 29.0. The third-order valence-electron chi connectivity index (χ3n) is 11.2. The summed E-state index contributed by atoms with van der Waals surface area (Å²) >= 11 is 0. The van der Waals surface area contributed by atoms with Gasteiger partial charge in [0.2, 0.25) is 0 Å². The Morgan fingerprint density at radius 2 is 1.04 bits per heavy atom. The van der Waals surface area contributed by atoms with Crippen molar-refractivity contribution in [3.63, 3.8) is 0 Å². The predicted molar refractivity (Wildman–Crippen MR) is 224 cm³/mol. The molecule has 4 heteroatoms. The van der Waals surface area contributed by atoms with Gasteiger partial charge in [0.25, 0.3) is 0 Å². The summed E-state index contributed by atoms with van der Waals surface area (Å²) in [6, 6.07) is 62.5. The van der Waals surface area contributed by atoms with Crippen LogP contribution in [0.1, 0.15) is 0 Å². The molecule has 0 saturated heterocycles. The van der Waals surface area contributed by atoms with Gasteiger partial charge in [0.05, 0.1) is 11.0 Å². The fraction of sp³-hybridized carbons (Fsp3) is 0. The molecule has 3 aromatic heterocycles. The number of fused-ring (bicyclic) bond motifs is 8. The number of benzene rings is 9. The smallest absolute Gasteiger partial charge is 0.180 e. The van der Waals surface area contributed by atoms with Crippen LogP contribution in [0.3, 0.4) is 0 Å². The Labute approximate surface area is 309 Å². The summed E-state index contributed by atoms with van der Waals surface area (Å²) in [7, 11) is 0. The molecule has 54 heavy (non-hydrogen) atoms. The summed E-state index contributed by atoms with van der Waals surface area (Å²) in [6.07, 6.45) is 0. The van der Waals surface area contributed by atoms with Crippen molar-refractivity contribution in [1.29, 1.82) is 0 Å². The van der Waals surface area contributed by atoms with Gasteiger partial charge in [-0.3, -0.25) is 0 Å². The van der Waals surface area contributed by atoms with Crippen LogP contribution in [0.15, 0.2) is 180 Å². The SMILES string of the molecule is c1ccc(-c2ccc(-c3nc(-c4ccc(-n5c6cccc7c8ccccc8c8c9ccccc9cc5c8c76)cc4)nc4c3oc3ccccc34)cc2)cc1. The van der Waals surface area contributed by atoms with Gasteiger partial charge in [-0.25, -0.2) is 9.97 Å². The molecule has 0 spiro atoms. The van der Waals surface area contributed by atoms with E-state index in [4.69, 9.17) is 14.4 Å². The molecule has 0 fully saturated rings. The fourth-order valence-corrected chi connectivity index (χ4v) is 8.73. The van der Waals surface area contributed by atoms with Crippen LogP contribution < -0.4 is 0 Å². The van der Waals surface area contributed by atoms with Gasteiger partial charge >= 0.3 is 0 Å². The van der Waals surface area contributed by atoms with Crippen LogP contribution in [0.25, 0.3) is 116 Å². The second kappa shape index (κ2) is 11.1. The quantitative estimate of drug-likeness (QED) is 0.173. The van der Waals surface area contributed by atoms with Gasteiger partial charge < -0.3 is 8.98 Å². The van der Waals surface area contributed by atoms with Crippen molar-refractivity contribution in [2.24, 2.45) is 0 Å². The molecular weight excluding hydrogens is 659 g/mol. The van der Waals surface area contributed by atoms with Gasteiger partial charge in [-0.2, -0.15) is 0 Å². The van der Waals surface area contributed by atoms with Gasteiger partial charge in [-0.1, -0.05) is 127 Å². The summed E-state index contributed by atoms with van der Waals surface area (Å²) < 4.78 is 8.87. The third-order valence-corrected chi connectivity index (χ3v) is 11.2. The average Bonchev–Trinajstić information content (AvgIpc) is 3.79. The monoisotopic (exact) mass is 687 g/mol. The summed E-state index contributed by atoms with van der Waals surface area (Å²) in [5, 5.41) is 11.3. The van der Waals surface area contributed by atoms with Crippen LogP contribution in [0, 0.1) is 0 Å². The maximum absolute atomic E-state index is 6.44. The number of hydrogen-bond donors (Lipinski definition) is 0. The molecule has 0 aliphatic rings. The molecule has 0 aliphatic carbocycles. The number of furan rings is 1. The molecule has 0 radical (unpaired) electrons. The van der Waals surface area contributed by atoms with Crippen LogP contribution in [-0.4, -0.2) is 14.5 Å². The molecule has 0 saturated carbocycles. The fourth-order valence-electron chi connectivity index (χ4n) is 8.73. The Morgan fingerprint density at radius 1 is 0.407 bits per heavy atom. The van der Waals surface area contributed by atoms with Crippen LogP contribution in [0.4, 0.5) is 0 Å². The van der Waals surface area contributed by atoms with E-state index in [2.05, 4.69) is 156 Å². The zero-order valence-electron chi connectivity index (χ0n) is 29.0. The lowest BCUT2D eigenvalue weighted by atomic mass is 9.91. The Hall–Kier alpha value is -7.30. The molecule has 3 heterocycles. The summed E-state index contributed by atoms with van der Waals surface area (Å²) in [6.45, 7) is 0. The number of rotatable bonds is 4. The molecule has 0 bridgehead atoms. The lowest BCUT2D eigenvalue weighted by molar-refractivity contribution is 0.667. The van der Waals surface area contributed by atoms with Gasteiger partial charge in [-0.05, 0) is 86.6 Å². The van der Waals surface area contributed by atoms with Gasteiger partial charge in [-0.15, -0.1) is 0 Å². The normalized spacial score (nSPS) is 12.1. The highest BCUT2D eigenvalue weighted by Crippen LogP contribution is 2.46. The minimum atomic E-state index is 0.661. The Morgan fingerprint density at radius 3 is 1.87 bits per heavy atom. The van der Waals surface area contributed by atoms with Gasteiger partial charge in [0, 0.05) is 38.4 Å². The van der Waals surface area contributed by atoms with Gasteiger partial charge in [0.15, 0.2) is 11.4 Å². The maximum Gasteiger partial charge on any atom is 0.180 e. The molecule has 250 valence electrons. The largest absolute Gasteiger partial charge is 0.452 e. The molecule has 0 N–H and O–H groups in total. The van der Waals surface area contributed by atoms with E-state index in [-0.39, 0.29) is 0 Å². The molecule has 0 aliphatic heterocycles. The molecule has 0 unspecified atom stereocenters. The Balaban J connectivity index is 1.05. The first-order valence-corrected chi connectivity index (χ1v) is 18.3. The second-order valence-electron chi connectivity index (χ2n) is 14.1. The Bertz CT molecular complexity index is 3410. The molecule has 12 aromatic rings. The van der Waals surface area contributed by atoms with Crippen LogP contribution >= 0.6 is 0 Å². The topological polar surface area (TPSA) is 43.9 Å². The molecule has 12 rings (SSSR count). The summed E-state index contributed by atoms with van der Waals surface area (Å²) in [5.41, 5.74) is 10.8. The van der Waals surface area contributed by atoms with Crippen LogP contribution in [0.5, 0.6) is 0 Å². The van der Waals surface area contributed by atoms with Gasteiger partial charge in [0.1, 0.15) is 16.8 Å². The minimum Gasteiger partial charge on any atom is -0.452 e. The van der Waals surface area contributed by atoms with Crippen molar-refractivity contribution in [3.05, 3.63) is 176 Å². The van der Waals surface area contributed by atoms with Crippen molar-refractivity contribution in [2.75, 3.05) is 0 Å². The molecule has 9 aromatic carbocycles. The standard InChI is InChI=1S/C50H29N3O/c1-2-11-30(12-3-1)31-21-23-32(24-22-31)47-49-48(40-17-8-9-20-43(40)54-49)52-50(51-47)33-25-27-35(28-26-33)53-41-19-10-18-39-37-15-6-7-16-38(37)44-36-14-5-4-13-34(36)29-42(53)46(44)45(39)41/h1-29H. The number of nitrogens with zero attached hydrogens (tertiary/aromatic N) is 3. The number of aromatic nitrogens is 3. The zero-order chi connectivity index (χ0) is 35.3. The predicted octanol–water partition coefficient (Wildman–Crippen LogP) is 13.4. The molecule has 4 nitrogen and oxygen atoms in total. The Kier molecular flexibility index (Phi) is 6.02. The number of hydrogen-bond acceptors (Lipinski definition) is 3. The minimum absolute atomic E-state index is 0.661. The van der Waals surface area contributed by atoms with Crippen molar-refractivity contribution in [1.82, 2.24) is 14.5 Å². The van der Waals surface area contributed by atoms with Crippen molar-refractivity contribution in [2.45, 2.75) is 0 Å². The van der Waals surface area contributed by atoms with Crippen molar-refractivity contribution in [3.8, 4) is 39.5 Å². The van der Waals surface area contributed by atoms with E-state index >= 15 is 0 Å². The number of para-hydroxylation sites is 1. The van der Waals surface area contributed by atoms with E-state index < -0.39 is 0 Å². The molecule has 0 amide bonds. The molecule has 0 atom stereocenters. The first-order valence-electron chi connectivity index (χ1n) is 18.3. The highest BCUT2D eigenvalue weighted by molar-refractivity contribution is 6.39. The lowest BCUT2D eigenvalue weighted by Crippen LogP contribution is -1.96. The lowest BCUT2D eigenvalue weighted by Gasteiger charge is -2.12. The summed E-state index contributed by atoms with van der Waals surface area (Å²) in [4.78, 5) is 10.4. The second-order valence-corrected chi connectivity index (χ2v) is 14.1. The maximum atomic E-state index is 6.44. The van der Waals surface area contributed by atoms with E-state index in [0.717, 1.165) is 44.6 Å². The van der Waals surface area contributed by atoms with E-state index in [9.17, 15) is 0 Å². The highest BCUT2D eigenvalue weighted by Gasteiger charge is 2.22. The summed E-state index contributed by atoms with van der Waals surface area (Å²) in [5.74, 6) is 0.661.